The van der Waals surface area contributed by atoms with Crippen LogP contribution in [0.1, 0.15) is 51.7 Å². The Balaban J connectivity index is 2.76. The molecule has 0 saturated heterocycles. The second-order valence-corrected chi connectivity index (χ2v) is 7.96. The maximum Gasteiger partial charge on any atom is 0.223 e. The fourth-order valence-electron chi connectivity index (χ4n) is 2.40. The van der Waals surface area contributed by atoms with E-state index in [2.05, 4.69) is 10.0 Å². The van der Waals surface area contributed by atoms with E-state index in [0.717, 1.165) is 18.4 Å². The van der Waals surface area contributed by atoms with Gasteiger partial charge in [-0.3, -0.25) is 4.79 Å². The summed E-state index contributed by atoms with van der Waals surface area (Å²) >= 11 is 0. The first kappa shape index (κ1) is 19.6. The molecule has 1 aromatic carbocycles. The van der Waals surface area contributed by atoms with E-state index >= 15 is 0 Å². The van der Waals surface area contributed by atoms with Crippen molar-refractivity contribution in [3.63, 3.8) is 0 Å². The van der Waals surface area contributed by atoms with E-state index in [9.17, 15) is 13.2 Å². The molecule has 0 heterocycles. The Morgan fingerprint density at radius 2 is 1.74 bits per heavy atom. The molecule has 0 aromatic heterocycles. The smallest absolute Gasteiger partial charge is 0.223 e. The minimum absolute atomic E-state index is 0.00446. The highest BCUT2D eigenvalue weighted by molar-refractivity contribution is 7.88. The van der Waals surface area contributed by atoms with Crippen molar-refractivity contribution in [3.8, 4) is 0 Å². The third-order valence-corrected chi connectivity index (χ3v) is 5.02. The van der Waals surface area contributed by atoms with Gasteiger partial charge in [-0.15, -0.1) is 0 Å². The van der Waals surface area contributed by atoms with Crippen LogP contribution in [0, 0.1) is 5.92 Å². The van der Waals surface area contributed by atoms with Gasteiger partial charge in [0.05, 0.1) is 5.75 Å². The van der Waals surface area contributed by atoms with Crippen molar-refractivity contribution in [3.05, 3.63) is 35.4 Å². The number of amides is 1. The monoisotopic (exact) mass is 340 g/mol. The molecular weight excluding hydrogens is 312 g/mol. The van der Waals surface area contributed by atoms with Crippen LogP contribution in [-0.2, 0) is 27.1 Å². The molecule has 1 aromatic rings. The fraction of sp³-hybridized carbons (Fsp3) is 0.588. The lowest BCUT2D eigenvalue weighted by atomic mass is 10.0. The second kappa shape index (κ2) is 9.03. The number of benzene rings is 1. The number of carbonyl (C=O) groups is 1. The Morgan fingerprint density at radius 1 is 1.13 bits per heavy atom. The molecule has 1 atom stereocenters. The first-order chi connectivity index (χ1) is 10.7. The van der Waals surface area contributed by atoms with E-state index in [1.165, 1.54) is 0 Å². The largest absolute Gasteiger partial charge is 0.352 e. The van der Waals surface area contributed by atoms with Crippen LogP contribution in [-0.4, -0.2) is 20.4 Å². The Bertz CT molecular complexity index is 612. The summed E-state index contributed by atoms with van der Waals surface area (Å²) in [6.45, 7) is 7.88. The van der Waals surface area contributed by atoms with Crippen molar-refractivity contribution in [2.75, 3.05) is 0 Å². The first-order valence-corrected chi connectivity index (χ1v) is 9.75. The molecule has 130 valence electrons. The van der Waals surface area contributed by atoms with Gasteiger partial charge in [0.15, 0.2) is 0 Å². The summed E-state index contributed by atoms with van der Waals surface area (Å²) in [5.41, 5.74) is 1.54. The number of hydrogen-bond acceptors (Lipinski definition) is 3. The summed E-state index contributed by atoms with van der Waals surface area (Å²) in [7, 11) is -3.38. The zero-order valence-electron chi connectivity index (χ0n) is 14.4. The van der Waals surface area contributed by atoms with E-state index in [1.54, 1.807) is 19.9 Å². The number of rotatable bonds is 9. The van der Waals surface area contributed by atoms with Crippen LogP contribution in [0.25, 0.3) is 0 Å². The van der Waals surface area contributed by atoms with Crippen LogP contribution in [0.4, 0.5) is 0 Å². The molecule has 0 aliphatic rings. The molecule has 0 bridgehead atoms. The van der Waals surface area contributed by atoms with Crippen LogP contribution >= 0.6 is 0 Å². The molecule has 0 aliphatic carbocycles. The summed E-state index contributed by atoms with van der Waals surface area (Å²) in [6, 6.07) is 7.16. The molecule has 0 fully saturated rings. The number of carbonyl (C=O) groups excluding carboxylic acids is 1. The van der Waals surface area contributed by atoms with Gasteiger partial charge < -0.3 is 5.32 Å². The van der Waals surface area contributed by atoms with Gasteiger partial charge in [-0.1, -0.05) is 44.5 Å². The third kappa shape index (κ3) is 7.14. The van der Waals surface area contributed by atoms with Crippen molar-refractivity contribution in [1.29, 1.82) is 0 Å². The SMILES string of the molecule is CCCC(C)C(=O)NCc1ccccc1CS(=O)(=O)NC(C)C. The summed E-state index contributed by atoms with van der Waals surface area (Å²) in [5, 5.41) is 2.90. The molecule has 1 unspecified atom stereocenters. The molecule has 23 heavy (non-hydrogen) atoms. The molecular formula is C17H28N2O3S. The summed E-state index contributed by atoms with van der Waals surface area (Å²) in [5.74, 6) is -0.106. The van der Waals surface area contributed by atoms with Crippen molar-refractivity contribution in [2.45, 2.75) is 58.9 Å². The zero-order chi connectivity index (χ0) is 17.5. The van der Waals surface area contributed by atoms with Crippen molar-refractivity contribution in [1.82, 2.24) is 10.0 Å². The zero-order valence-corrected chi connectivity index (χ0v) is 15.2. The van der Waals surface area contributed by atoms with Gasteiger partial charge in [-0.2, -0.15) is 0 Å². The van der Waals surface area contributed by atoms with Gasteiger partial charge in [-0.25, -0.2) is 13.1 Å². The van der Waals surface area contributed by atoms with Crippen molar-refractivity contribution < 1.29 is 13.2 Å². The van der Waals surface area contributed by atoms with Crippen LogP contribution in [0.5, 0.6) is 0 Å². The van der Waals surface area contributed by atoms with Crippen LogP contribution in [0.15, 0.2) is 24.3 Å². The Hall–Kier alpha value is -1.40. The van der Waals surface area contributed by atoms with E-state index in [-0.39, 0.29) is 23.6 Å². The van der Waals surface area contributed by atoms with Crippen LogP contribution in [0.3, 0.4) is 0 Å². The number of hydrogen-bond donors (Lipinski definition) is 2. The highest BCUT2D eigenvalue weighted by Crippen LogP contribution is 2.13. The lowest BCUT2D eigenvalue weighted by Gasteiger charge is -2.15. The predicted molar refractivity (Wildman–Crippen MR) is 93.3 cm³/mol. The molecule has 6 heteroatoms. The molecule has 1 rings (SSSR count). The average Bonchev–Trinajstić information content (AvgIpc) is 2.44. The highest BCUT2D eigenvalue weighted by Gasteiger charge is 2.16. The Morgan fingerprint density at radius 3 is 2.30 bits per heavy atom. The van der Waals surface area contributed by atoms with Gasteiger partial charge in [0, 0.05) is 18.5 Å². The van der Waals surface area contributed by atoms with Gasteiger partial charge in [0.1, 0.15) is 0 Å². The van der Waals surface area contributed by atoms with Crippen LogP contribution in [0.2, 0.25) is 0 Å². The van der Waals surface area contributed by atoms with Gasteiger partial charge >= 0.3 is 0 Å². The van der Waals surface area contributed by atoms with Crippen LogP contribution < -0.4 is 10.0 Å². The average molecular weight is 340 g/mol. The van der Waals surface area contributed by atoms with Gasteiger partial charge in [0.25, 0.3) is 0 Å². The maximum absolute atomic E-state index is 12.1. The molecule has 0 aliphatic heterocycles. The molecule has 0 radical (unpaired) electrons. The maximum atomic E-state index is 12.1. The second-order valence-electron chi connectivity index (χ2n) is 6.21. The first-order valence-electron chi connectivity index (χ1n) is 8.09. The number of nitrogens with one attached hydrogen (secondary N) is 2. The lowest BCUT2D eigenvalue weighted by Crippen LogP contribution is -2.32. The Labute approximate surface area is 139 Å². The van der Waals surface area contributed by atoms with Gasteiger partial charge in [0.2, 0.25) is 15.9 Å². The van der Waals surface area contributed by atoms with E-state index in [0.29, 0.717) is 12.1 Å². The third-order valence-electron chi connectivity index (χ3n) is 3.50. The molecule has 1 amide bonds. The normalized spacial score (nSPS) is 13.1. The topological polar surface area (TPSA) is 75.3 Å². The summed E-state index contributed by atoms with van der Waals surface area (Å²) in [6.07, 6.45) is 1.81. The molecule has 0 saturated carbocycles. The van der Waals surface area contributed by atoms with Crippen molar-refractivity contribution >= 4 is 15.9 Å². The van der Waals surface area contributed by atoms with E-state index in [1.807, 2.05) is 32.0 Å². The minimum atomic E-state index is -3.38. The van der Waals surface area contributed by atoms with E-state index < -0.39 is 10.0 Å². The highest BCUT2D eigenvalue weighted by atomic mass is 32.2. The number of sulfonamides is 1. The van der Waals surface area contributed by atoms with Gasteiger partial charge in [-0.05, 0) is 31.4 Å². The quantitative estimate of drug-likeness (QED) is 0.725. The molecule has 2 N–H and O–H groups in total. The summed E-state index contributed by atoms with van der Waals surface area (Å²) in [4.78, 5) is 12.0. The predicted octanol–water partition coefficient (Wildman–Crippen LogP) is 2.57. The van der Waals surface area contributed by atoms with E-state index in [4.69, 9.17) is 0 Å². The molecule has 5 nitrogen and oxygen atoms in total. The standard InChI is InChI=1S/C17H28N2O3S/c1-5-8-14(4)17(20)18-11-15-9-6-7-10-16(15)12-23(21,22)19-13(2)3/h6-7,9-10,13-14,19H,5,8,11-12H2,1-4H3,(H,18,20). The lowest BCUT2D eigenvalue weighted by molar-refractivity contribution is -0.124. The molecule has 0 spiro atoms. The Kier molecular flexibility index (Phi) is 7.72. The minimum Gasteiger partial charge on any atom is -0.352 e. The van der Waals surface area contributed by atoms with Crippen molar-refractivity contribution in [2.24, 2.45) is 5.92 Å². The summed E-state index contributed by atoms with van der Waals surface area (Å²) < 4.78 is 26.8. The fourth-order valence-corrected chi connectivity index (χ4v) is 3.89.